The molecule has 0 spiro atoms. The molecule has 4 rings (SSSR count). The number of nitrogens with one attached hydrogen (secondary N) is 1. The maximum Gasteiger partial charge on any atom is 0.245 e. The van der Waals surface area contributed by atoms with Crippen molar-refractivity contribution in [3.8, 4) is 11.3 Å². The van der Waals surface area contributed by atoms with Crippen LogP contribution in [-0.4, -0.2) is 19.6 Å². The predicted octanol–water partition coefficient (Wildman–Crippen LogP) is 4.90. The molecule has 0 fully saturated rings. The van der Waals surface area contributed by atoms with Crippen molar-refractivity contribution in [2.75, 3.05) is 5.32 Å². The molecule has 2 heterocycles. The number of anilines is 1. The van der Waals surface area contributed by atoms with Crippen LogP contribution in [0.15, 0.2) is 73.1 Å². The number of fused-ring (bicyclic) bond motifs is 1. The second-order valence-electron chi connectivity index (χ2n) is 6.48. The Bertz CT molecular complexity index is 1030. The summed E-state index contributed by atoms with van der Waals surface area (Å²) < 4.78 is 1.33. The van der Waals surface area contributed by atoms with Gasteiger partial charge in [0.2, 0.25) is 5.91 Å². The zero-order chi connectivity index (χ0) is 18.1. The van der Waals surface area contributed by atoms with Gasteiger partial charge in [0.25, 0.3) is 0 Å². The Balaban J connectivity index is 1.53. The number of amides is 1. The van der Waals surface area contributed by atoms with Crippen LogP contribution < -0.4 is 5.32 Å². The van der Waals surface area contributed by atoms with Crippen LogP contribution in [0.4, 0.5) is 5.69 Å². The van der Waals surface area contributed by atoms with Crippen molar-refractivity contribution < 1.29 is 4.79 Å². The second-order valence-corrected chi connectivity index (χ2v) is 7.90. The van der Waals surface area contributed by atoms with Crippen LogP contribution in [0.3, 0.4) is 0 Å². The summed E-state index contributed by atoms with van der Waals surface area (Å²) in [4.78, 5) is 17.2. The SMILES string of the molecule is Cc1ccn2cc(-c3ccc(NC(=O)C4(Br)C=CC=CC4)cc3)nc2c1. The van der Waals surface area contributed by atoms with E-state index in [1.165, 1.54) is 5.56 Å². The van der Waals surface area contributed by atoms with E-state index in [0.717, 1.165) is 22.6 Å². The fourth-order valence-corrected chi connectivity index (χ4v) is 3.38. The van der Waals surface area contributed by atoms with Crippen LogP contribution >= 0.6 is 15.9 Å². The average Bonchev–Trinajstić information content (AvgIpc) is 3.06. The van der Waals surface area contributed by atoms with Gasteiger partial charge in [0.1, 0.15) is 9.97 Å². The summed E-state index contributed by atoms with van der Waals surface area (Å²) in [6.07, 6.45) is 12.3. The van der Waals surface area contributed by atoms with E-state index < -0.39 is 4.32 Å². The largest absolute Gasteiger partial charge is 0.325 e. The first kappa shape index (κ1) is 16.8. The van der Waals surface area contributed by atoms with Gasteiger partial charge in [0, 0.05) is 23.6 Å². The fraction of sp³-hybridized carbons (Fsp3) is 0.143. The fourth-order valence-electron chi connectivity index (χ4n) is 2.94. The zero-order valence-corrected chi connectivity index (χ0v) is 15.9. The lowest BCUT2D eigenvalue weighted by molar-refractivity contribution is -0.117. The standard InChI is InChI=1S/C21H18BrN3O/c1-15-9-12-25-14-18(24-19(25)13-15)16-5-7-17(8-6-16)23-20(26)21(22)10-3-2-4-11-21/h2-10,12-14H,11H2,1H3,(H,23,26). The molecule has 0 saturated heterocycles. The normalized spacial score (nSPS) is 19.0. The number of nitrogens with zero attached hydrogens (tertiary/aromatic N) is 2. The number of carbonyl (C=O) groups excluding carboxylic acids is 1. The smallest absolute Gasteiger partial charge is 0.245 e. The minimum atomic E-state index is -0.681. The Morgan fingerprint density at radius 2 is 2.04 bits per heavy atom. The quantitative estimate of drug-likeness (QED) is 0.627. The van der Waals surface area contributed by atoms with Gasteiger partial charge < -0.3 is 9.72 Å². The molecule has 3 aromatic rings. The van der Waals surface area contributed by atoms with Crippen LogP contribution in [0.5, 0.6) is 0 Å². The number of benzene rings is 1. The molecule has 1 aliphatic rings. The second kappa shape index (κ2) is 6.57. The number of allylic oxidation sites excluding steroid dienone is 3. The molecule has 4 nitrogen and oxygen atoms in total. The number of hydrogen-bond donors (Lipinski definition) is 1. The topological polar surface area (TPSA) is 46.4 Å². The van der Waals surface area contributed by atoms with Crippen LogP contribution in [0.1, 0.15) is 12.0 Å². The molecule has 1 atom stereocenters. The van der Waals surface area contributed by atoms with E-state index in [2.05, 4.69) is 45.3 Å². The van der Waals surface area contributed by atoms with Gasteiger partial charge in [-0.15, -0.1) is 0 Å². The number of rotatable bonds is 3. The number of aryl methyl sites for hydroxylation is 1. The van der Waals surface area contributed by atoms with E-state index in [1.54, 1.807) is 0 Å². The molecule has 130 valence electrons. The predicted molar refractivity (Wildman–Crippen MR) is 109 cm³/mol. The van der Waals surface area contributed by atoms with Crippen molar-refractivity contribution in [2.24, 2.45) is 0 Å². The first-order valence-electron chi connectivity index (χ1n) is 8.44. The van der Waals surface area contributed by atoms with Gasteiger partial charge in [-0.1, -0.05) is 52.4 Å². The third-order valence-electron chi connectivity index (χ3n) is 4.45. The van der Waals surface area contributed by atoms with Crippen LogP contribution in [0.25, 0.3) is 16.9 Å². The van der Waals surface area contributed by atoms with E-state index in [9.17, 15) is 4.79 Å². The third kappa shape index (κ3) is 3.22. The van der Waals surface area contributed by atoms with Crippen LogP contribution in [0.2, 0.25) is 0 Å². The Labute approximate surface area is 160 Å². The van der Waals surface area contributed by atoms with Gasteiger partial charge in [-0.05, 0) is 43.2 Å². The van der Waals surface area contributed by atoms with Crippen molar-refractivity contribution in [2.45, 2.75) is 17.7 Å². The van der Waals surface area contributed by atoms with Crippen LogP contribution in [0, 0.1) is 6.92 Å². The Morgan fingerprint density at radius 1 is 1.23 bits per heavy atom. The molecule has 2 aromatic heterocycles. The van der Waals surface area contributed by atoms with Crippen LogP contribution in [-0.2, 0) is 4.79 Å². The van der Waals surface area contributed by atoms with Crippen molar-refractivity contribution in [3.63, 3.8) is 0 Å². The summed E-state index contributed by atoms with van der Waals surface area (Å²) in [6.45, 7) is 2.06. The molecule has 0 saturated carbocycles. The van der Waals surface area contributed by atoms with E-state index in [1.807, 2.05) is 65.4 Å². The number of hydrogen-bond acceptors (Lipinski definition) is 2. The summed E-state index contributed by atoms with van der Waals surface area (Å²) in [5, 5.41) is 2.97. The van der Waals surface area contributed by atoms with Gasteiger partial charge in [-0.2, -0.15) is 0 Å². The minimum Gasteiger partial charge on any atom is -0.325 e. The van der Waals surface area contributed by atoms with Gasteiger partial charge in [0.15, 0.2) is 0 Å². The molecule has 1 aliphatic carbocycles. The molecule has 1 amide bonds. The molecule has 1 N–H and O–H groups in total. The highest BCUT2D eigenvalue weighted by Gasteiger charge is 2.32. The maximum absolute atomic E-state index is 12.5. The summed E-state index contributed by atoms with van der Waals surface area (Å²) in [7, 11) is 0. The summed E-state index contributed by atoms with van der Waals surface area (Å²) in [5.74, 6) is -0.0749. The van der Waals surface area contributed by atoms with Crippen molar-refractivity contribution in [1.29, 1.82) is 0 Å². The molecule has 1 aromatic carbocycles. The molecule has 5 heteroatoms. The highest BCUT2D eigenvalue weighted by Crippen LogP contribution is 2.30. The maximum atomic E-state index is 12.5. The molecule has 0 aliphatic heterocycles. The molecule has 0 bridgehead atoms. The average molecular weight is 408 g/mol. The highest BCUT2D eigenvalue weighted by atomic mass is 79.9. The Hall–Kier alpha value is -2.66. The number of carbonyl (C=O) groups is 1. The van der Waals surface area contributed by atoms with Gasteiger partial charge >= 0.3 is 0 Å². The number of alkyl halides is 1. The lowest BCUT2D eigenvalue weighted by atomic mass is 9.99. The summed E-state index contributed by atoms with van der Waals surface area (Å²) >= 11 is 3.53. The van der Waals surface area contributed by atoms with Gasteiger partial charge in [-0.3, -0.25) is 4.79 Å². The van der Waals surface area contributed by atoms with E-state index in [4.69, 9.17) is 0 Å². The Morgan fingerprint density at radius 3 is 2.77 bits per heavy atom. The molecular weight excluding hydrogens is 390 g/mol. The number of halogens is 1. The monoisotopic (exact) mass is 407 g/mol. The van der Waals surface area contributed by atoms with Crippen molar-refractivity contribution in [1.82, 2.24) is 9.38 Å². The number of pyridine rings is 1. The van der Waals surface area contributed by atoms with Crippen molar-refractivity contribution in [3.05, 3.63) is 78.7 Å². The molecule has 26 heavy (non-hydrogen) atoms. The third-order valence-corrected chi connectivity index (χ3v) is 5.40. The van der Waals surface area contributed by atoms with Gasteiger partial charge in [-0.25, -0.2) is 4.98 Å². The Kier molecular flexibility index (Phi) is 4.24. The van der Waals surface area contributed by atoms with E-state index >= 15 is 0 Å². The van der Waals surface area contributed by atoms with E-state index in [-0.39, 0.29) is 5.91 Å². The minimum absolute atomic E-state index is 0.0749. The number of imidazole rings is 1. The molecular formula is C21H18BrN3O. The molecule has 0 radical (unpaired) electrons. The lowest BCUT2D eigenvalue weighted by Crippen LogP contribution is -2.35. The van der Waals surface area contributed by atoms with Crippen molar-refractivity contribution >= 4 is 33.2 Å². The zero-order valence-electron chi connectivity index (χ0n) is 14.3. The first-order chi connectivity index (χ1) is 12.5. The lowest BCUT2D eigenvalue weighted by Gasteiger charge is -2.23. The van der Waals surface area contributed by atoms with E-state index in [0.29, 0.717) is 6.42 Å². The first-order valence-corrected chi connectivity index (χ1v) is 9.23. The summed E-state index contributed by atoms with van der Waals surface area (Å²) in [6, 6.07) is 11.9. The number of aromatic nitrogens is 2. The summed E-state index contributed by atoms with van der Waals surface area (Å²) in [5.41, 5.74) is 4.79. The highest BCUT2D eigenvalue weighted by molar-refractivity contribution is 9.10. The van der Waals surface area contributed by atoms with Gasteiger partial charge in [0.05, 0.1) is 5.69 Å². The molecule has 1 unspecified atom stereocenters.